The van der Waals surface area contributed by atoms with E-state index >= 15 is 0 Å². The molecule has 0 N–H and O–H groups in total. The molecule has 3 atom stereocenters. The van der Waals surface area contributed by atoms with Gasteiger partial charge in [-0.05, 0) is 49.0 Å². The van der Waals surface area contributed by atoms with E-state index in [4.69, 9.17) is 0 Å². The zero-order valence-corrected chi connectivity index (χ0v) is 9.38. The van der Waals surface area contributed by atoms with Crippen molar-refractivity contribution in [3.05, 3.63) is 23.8 Å². The van der Waals surface area contributed by atoms with Crippen molar-refractivity contribution in [1.82, 2.24) is 0 Å². The third kappa shape index (κ3) is 0.965. The second kappa shape index (κ2) is 2.84. The van der Waals surface area contributed by atoms with Gasteiger partial charge >= 0.3 is 0 Å². The van der Waals surface area contributed by atoms with Crippen LogP contribution in [0.3, 0.4) is 0 Å². The number of hydrogen-bond acceptors (Lipinski definition) is 1. The Morgan fingerprint density at radius 2 is 2.27 bits per heavy atom. The maximum atomic E-state index is 12.2. The Labute approximate surface area is 91.2 Å². The molecule has 0 aliphatic heterocycles. The van der Waals surface area contributed by atoms with E-state index in [2.05, 4.69) is 13.5 Å². The molecule has 1 nitrogen and oxygen atoms in total. The molecule has 0 aromatic carbocycles. The molecule has 15 heavy (non-hydrogen) atoms. The van der Waals surface area contributed by atoms with E-state index in [-0.39, 0.29) is 5.92 Å². The molecule has 1 heteroatoms. The molecule has 0 saturated heterocycles. The fourth-order valence-electron chi connectivity index (χ4n) is 4.00. The van der Waals surface area contributed by atoms with Crippen LogP contribution in [0.5, 0.6) is 0 Å². The Morgan fingerprint density at radius 1 is 1.47 bits per heavy atom. The molecular formula is C14H18O. The summed E-state index contributed by atoms with van der Waals surface area (Å²) in [5.74, 6) is 1.10. The molecule has 0 spiro atoms. The van der Waals surface area contributed by atoms with Gasteiger partial charge in [-0.3, -0.25) is 4.79 Å². The van der Waals surface area contributed by atoms with Crippen LogP contribution in [0.4, 0.5) is 0 Å². The van der Waals surface area contributed by atoms with Crippen molar-refractivity contribution in [2.75, 3.05) is 0 Å². The van der Waals surface area contributed by atoms with Gasteiger partial charge in [0.25, 0.3) is 0 Å². The first-order valence-corrected chi connectivity index (χ1v) is 6.08. The fraction of sp³-hybridized carbons (Fsp3) is 0.643. The predicted molar refractivity (Wildman–Crippen MR) is 60.4 cm³/mol. The molecular weight excluding hydrogens is 184 g/mol. The third-order valence-electron chi connectivity index (χ3n) is 4.99. The molecule has 1 unspecified atom stereocenters. The van der Waals surface area contributed by atoms with Crippen molar-refractivity contribution in [3.8, 4) is 0 Å². The van der Waals surface area contributed by atoms with Crippen molar-refractivity contribution < 1.29 is 4.79 Å². The minimum Gasteiger partial charge on any atom is -0.294 e. The van der Waals surface area contributed by atoms with Crippen molar-refractivity contribution >= 4 is 5.78 Å². The van der Waals surface area contributed by atoms with Gasteiger partial charge in [-0.2, -0.15) is 0 Å². The molecule has 1 fully saturated rings. The van der Waals surface area contributed by atoms with Crippen LogP contribution in [0.2, 0.25) is 0 Å². The van der Waals surface area contributed by atoms with Crippen LogP contribution in [0.25, 0.3) is 0 Å². The smallest absolute Gasteiger partial charge is 0.165 e. The lowest BCUT2D eigenvalue weighted by molar-refractivity contribution is -0.124. The summed E-state index contributed by atoms with van der Waals surface area (Å²) in [7, 11) is 0. The largest absolute Gasteiger partial charge is 0.294 e. The number of carbonyl (C=O) groups is 1. The first-order valence-electron chi connectivity index (χ1n) is 6.08. The number of allylic oxidation sites excluding steroid dienone is 3. The summed E-state index contributed by atoms with van der Waals surface area (Å²) < 4.78 is 0. The van der Waals surface area contributed by atoms with Crippen molar-refractivity contribution in [2.24, 2.45) is 17.3 Å². The Bertz CT molecular complexity index is 377. The van der Waals surface area contributed by atoms with Gasteiger partial charge in [0.05, 0.1) is 0 Å². The van der Waals surface area contributed by atoms with Gasteiger partial charge in [-0.25, -0.2) is 0 Å². The van der Waals surface area contributed by atoms with E-state index in [1.807, 2.05) is 6.08 Å². The third-order valence-corrected chi connectivity index (χ3v) is 4.99. The fourth-order valence-corrected chi connectivity index (χ4v) is 4.00. The molecule has 0 amide bonds. The first kappa shape index (κ1) is 9.38. The number of ketones is 1. The van der Waals surface area contributed by atoms with E-state index in [0.29, 0.717) is 17.1 Å². The predicted octanol–water partition coefficient (Wildman–Crippen LogP) is 3.27. The lowest BCUT2D eigenvalue weighted by Gasteiger charge is -2.54. The van der Waals surface area contributed by atoms with Crippen LogP contribution in [-0.2, 0) is 4.79 Å². The highest BCUT2D eigenvalue weighted by molar-refractivity contribution is 6.01. The highest BCUT2D eigenvalue weighted by atomic mass is 16.1. The van der Waals surface area contributed by atoms with Crippen molar-refractivity contribution in [3.63, 3.8) is 0 Å². The molecule has 3 aliphatic carbocycles. The lowest BCUT2D eigenvalue weighted by Crippen LogP contribution is -2.49. The second-order valence-electron chi connectivity index (χ2n) is 5.50. The summed E-state index contributed by atoms with van der Waals surface area (Å²) in [5.41, 5.74) is 3.05. The number of carbonyl (C=O) groups excluding carboxylic acids is 1. The zero-order chi connectivity index (χ0) is 10.6. The van der Waals surface area contributed by atoms with E-state index in [9.17, 15) is 4.79 Å². The topological polar surface area (TPSA) is 17.1 Å². The molecule has 0 heterocycles. The van der Waals surface area contributed by atoms with E-state index < -0.39 is 0 Å². The summed E-state index contributed by atoms with van der Waals surface area (Å²) in [5, 5.41) is 0. The van der Waals surface area contributed by atoms with Gasteiger partial charge in [0.1, 0.15) is 0 Å². The van der Waals surface area contributed by atoms with Gasteiger partial charge in [0.15, 0.2) is 5.78 Å². The van der Waals surface area contributed by atoms with E-state index in [0.717, 1.165) is 6.42 Å². The Hall–Kier alpha value is -0.850. The highest BCUT2D eigenvalue weighted by Gasteiger charge is 2.55. The maximum absolute atomic E-state index is 12.2. The van der Waals surface area contributed by atoms with Crippen LogP contribution in [0, 0.1) is 17.3 Å². The maximum Gasteiger partial charge on any atom is 0.165 e. The van der Waals surface area contributed by atoms with E-state index in [1.54, 1.807) is 0 Å². The summed E-state index contributed by atoms with van der Waals surface area (Å²) >= 11 is 0. The summed E-state index contributed by atoms with van der Waals surface area (Å²) in [6.45, 7) is 6.22. The Morgan fingerprint density at radius 3 is 2.87 bits per heavy atom. The molecule has 80 valence electrons. The highest BCUT2D eigenvalue weighted by Crippen LogP contribution is 2.62. The monoisotopic (exact) mass is 202 g/mol. The van der Waals surface area contributed by atoms with Gasteiger partial charge in [0, 0.05) is 5.92 Å². The second-order valence-corrected chi connectivity index (χ2v) is 5.50. The minimum absolute atomic E-state index is 0.126. The van der Waals surface area contributed by atoms with Crippen LogP contribution in [0.1, 0.15) is 39.0 Å². The summed E-state index contributed by atoms with van der Waals surface area (Å²) in [6, 6.07) is 0. The van der Waals surface area contributed by atoms with Crippen molar-refractivity contribution in [2.45, 2.75) is 39.0 Å². The number of fused-ring (bicyclic) bond motifs is 2. The van der Waals surface area contributed by atoms with Crippen LogP contribution in [-0.4, -0.2) is 5.78 Å². The van der Waals surface area contributed by atoms with Gasteiger partial charge in [0.2, 0.25) is 0 Å². The molecule has 0 radical (unpaired) electrons. The zero-order valence-electron chi connectivity index (χ0n) is 9.38. The Kier molecular flexibility index (Phi) is 1.78. The standard InChI is InChI=1S/C14H18O/c1-3-9-12-7-8-14(12,2)11-6-4-5-10(11)13(9)15/h3,9,12H,1,4-8H2,2H3/t9?,12-,14+/m0/s1. The quantitative estimate of drug-likeness (QED) is 0.596. The summed E-state index contributed by atoms with van der Waals surface area (Å²) in [4.78, 5) is 12.2. The molecule has 1 saturated carbocycles. The normalized spacial score (nSPS) is 43.4. The summed E-state index contributed by atoms with van der Waals surface area (Å²) in [6.07, 6.45) is 7.80. The average Bonchev–Trinajstić information content (AvgIpc) is 2.69. The minimum atomic E-state index is 0.126. The van der Waals surface area contributed by atoms with Crippen molar-refractivity contribution in [1.29, 1.82) is 0 Å². The molecule has 3 rings (SSSR count). The number of Topliss-reactive ketones (excluding diaryl/α,β-unsaturated/α-hetero) is 1. The first-order chi connectivity index (χ1) is 7.18. The van der Waals surface area contributed by atoms with Crippen LogP contribution >= 0.6 is 0 Å². The van der Waals surface area contributed by atoms with Gasteiger partial charge < -0.3 is 0 Å². The van der Waals surface area contributed by atoms with E-state index in [1.165, 1.54) is 36.8 Å². The van der Waals surface area contributed by atoms with Crippen LogP contribution in [0.15, 0.2) is 23.8 Å². The van der Waals surface area contributed by atoms with Gasteiger partial charge in [-0.15, -0.1) is 6.58 Å². The number of hydrogen-bond donors (Lipinski definition) is 0. The SMILES string of the molecule is C=CC1C(=O)C2=C(CCC2)[C@@]2(C)CC[C@@H]12. The Balaban J connectivity index is 2.12. The molecule has 0 bridgehead atoms. The average molecular weight is 202 g/mol. The molecule has 0 aromatic rings. The molecule has 3 aliphatic rings. The molecule has 0 aromatic heterocycles. The lowest BCUT2D eigenvalue weighted by atomic mass is 9.49. The van der Waals surface area contributed by atoms with Gasteiger partial charge in [-0.1, -0.05) is 18.6 Å². The van der Waals surface area contributed by atoms with Crippen LogP contribution < -0.4 is 0 Å². The number of rotatable bonds is 1.